The number of hydrogen-bond acceptors (Lipinski definition) is 3. The average Bonchev–Trinajstić information content (AvgIpc) is 2.56. The molecule has 1 aromatic carbocycles. The molecule has 0 radical (unpaired) electrons. The molecule has 1 aliphatic heterocycles. The first-order valence-electron chi connectivity index (χ1n) is 8.48. The molecule has 5 nitrogen and oxygen atoms in total. The summed E-state index contributed by atoms with van der Waals surface area (Å²) in [4.78, 5) is 27.0. The van der Waals surface area contributed by atoms with Crippen LogP contribution in [0.5, 0.6) is 0 Å². The van der Waals surface area contributed by atoms with Crippen molar-refractivity contribution in [3.63, 3.8) is 0 Å². The van der Waals surface area contributed by atoms with Crippen LogP contribution in [0.15, 0.2) is 24.3 Å². The van der Waals surface area contributed by atoms with Crippen LogP contribution in [0.1, 0.15) is 43.0 Å². The molecule has 1 aromatic rings. The van der Waals surface area contributed by atoms with Gasteiger partial charge in [-0.05, 0) is 51.5 Å². The van der Waals surface area contributed by atoms with Gasteiger partial charge in [0.05, 0.1) is 11.3 Å². The third-order valence-corrected chi connectivity index (χ3v) is 4.33. The highest BCUT2D eigenvalue weighted by Gasteiger charge is 2.24. The predicted octanol–water partition coefficient (Wildman–Crippen LogP) is 2.50. The fraction of sp³-hybridized carbons (Fsp3) is 0.556. The fourth-order valence-electron chi connectivity index (χ4n) is 2.77. The monoisotopic (exact) mass is 317 g/mol. The largest absolute Gasteiger partial charge is 0.352 e. The lowest BCUT2D eigenvalue weighted by molar-refractivity contribution is -0.121. The number of hydrogen-bond donors (Lipinski definition) is 2. The Morgan fingerprint density at radius 2 is 1.91 bits per heavy atom. The number of unbranched alkanes of at least 4 members (excludes halogenated alkanes) is 1. The van der Waals surface area contributed by atoms with Gasteiger partial charge in [-0.2, -0.15) is 0 Å². The predicted molar refractivity (Wildman–Crippen MR) is 92.5 cm³/mol. The third-order valence-electron chi connectivity index (χ3n) is 4.33. The molecular formula is C18H27N3O2. The minimum Gasteiger partial charge on any atom is -0.352 e. The minimum absolute atomic E-state index is 0.0203. The van der Waals surface area contributed by atoms with Crippen molar-refractivity contribution in [2.24, 2.45) is 5.92 Å². The van der Waals surface area contributed by atoms with Crippen LogP contribution in [-0.2, 0) is 4.79 Å². The second-order valence-corrected chi connectivity index (χ2v) is 6.22. The number of piperidine rings is 1. The van der Waals surface area contributed by atoms with Crippen molar-refractivity contribution in [2.75, 3.05) is 32.0 Å². The molecule has 0 aromatic heterocycles. The number of carbonyl (C=O) groups is 2. The van der Waals surface area contributed by atoms with E-state index in [1.807, 2.05) is 12.1 Å². The van der Waals surface area contributed by atoms with Crippen molar-refractivity contribution in [1.82, 2.24) is 10.2 Å². The second kappa shape index (κ2) is 8.67. The Hall–Kier alpha value is -1.88. The van der Waals surface area contributed by atoms with Gasteiger partial charge >= 0.3 is 0 Å². The van der Waals surface area contributed by atoms with E-state index in [1.165, 1.54) is 0 Å². The van der Waals surface area contributed by atoms with Crippen LogP contribution < -0.4 is 10.6 Å². The quantitative estimate of drug-likeness (QED) is 0.793. The van der Waals surface area contributed by atoms with Crippen molar-refractivity contribution in [2.45, 2.75) is 32.6 Å². The van der Waals surface area contributed by atoms with Crippen LogP contribution in [0.2, 0.25) is 0 Å². The van der Waals surface area contributed by atoms with Gasteiger partial charge in [-0.25, -0.2) is 0 Å². The van der Waals surface area contributed by atoms with Crippen LogP contribution in [0.3, 0.4) is 0 Å². The highest BCUT2D eigenvalue weighted by molar-refractivity contribution is 6.04. The lowest BCUT2D eigenvalue weighted by Crippen LogP contribution is -2.36. The Balaban J connectivity index is 1.99. The number of benzene rings is 1. The van der Waals surface area contributed by atoms with Crippen LogP contribution in [0.25, 0.3) is 0 Å². The van der Waals surface area contributed by atoms with Crippen LogP contribution in [0.4, 0.5) is 5.69 Å². The van der Waals surface area contributed by atoms with Gasteiger partial charge in [-0.1, -0.05) is 25.5 Å². The summed E-state index contributed by atoms with van der Waals surface area (Å²) in [6, 6.07) is 7.21. The van der Waals surface area contributed by atoms with E-state index in [2.05, 4.69) is 29.5 Å². The summed E-state index contributed by atoms with van der Waals surface area (Å²) >= 11 is 0. The van der Waals surface area contributed by atoms with Gasteiger partial charge in [0.15, 0.2) is 0 Å². The fourth-order valence-corrected chi connectivity index (χ4v) is 2.77. The summed E-state index contributed by atoms with van der Waals surface area (Å²) in [6.45, 7) is 4.63. The molecule has 0 bridgehead atoms. The molecule has 23 heavy (non-hydrogen) atoms. The summed E-state index contributed by atoms with van der Waals surface area (Å²) < 4.78 is 0. The van der Waals surface area contributed by atoms with E-state index in [0.717, 1.165) is 38.8 Å². The summed E-state index contributed by atoms with van der Waals surface area (Å²) in [6.07, 6.45) is 3.73. The van der Waals surface area contributed by atoms with Crippen molar-refractivity contribution in [3.8, 4) is 0 Å². The first kappa shape index (κ1) is 17.5. The van der Waals surface area contributed by atoms with E-state index in [-0.39, 0.29) is 17.7 Å². The zero-order valence-electron chi connectivity index (χ0n) is 14.1. The maximum atomic E-state index is 12.4. The van der Waals surface area contributed by atoms with Gasteiger partial charge in [0.2, 0.25) is 5.91 Å². The maximum Gasteiger partial charge on any atom is 0.253 e. The highest BCUT2D eigenvalue weighted by atomic mass is 16.2. The molecular weight excluding hydrogens is 290 g/mol. The molecule has 2 amide bonds. The average molecular weight is 317 g/mol. The number of nitrogens with zero attached hydrogens (tertiary/aromatic N) is 1. The van der Waals surface area contributed by atoms with E-state index in [9.17, 15) is 9.59 Å². The summed E-state index contributed by atoms with van der Waals surface area (Å²) in [5.74, 6) is -0.0768. The van der Waals surface area contributed by atoms with Crippen molar-refractivity contribution in [3.05, 3.63) is 29.8 Å². The molecule has 0 unspecified atom stereocenters. The van der Waals surface area contributed by atoms with Crippen LogP contribution in [0, 0.1) is 5.92 Å². The Labute approximate surface area is 138 Å². The van der Waals surface area contributed by atoms with Gasteiger partial charge in [-0.3, -0.25) is 9.59 Å². The number of amides is 2. The van der Waals surface area contributed by atoms with Gasteiger partial charge in [0.1, 0.15) is 0 Å². The van der Waals surface area contributed by atoms with Gasteiger partial charge in [-0.15, -0.1) is 0 Å². The number of carbonyl (C=O) groups excluding carboxylic acids is 2. The van der Waals surface area contributed by atoms with E-state index >= 15 is 0 Å². The third kappa shape index (κ3) is 5.06. The molecule has 1 heterocycles. The van der Waals surface area contributed by atoms with Crippen LogP contribution >= 0.6 is 0 Å². The number of rotatable bonds is 6. The lowest BCUT2D eigenvalue weighted by atomic mass is 9.96. The number of anilines is 1. The van der Waals surface area contributed by atoms with E-state index in [4.69, 9.17) is 0 Å². The topological polar surface area (TPSA) is 61.4 Å². The van der Waals surface area contributed by atoms with E-state index < -0.39 is 0 Å². The molecule has 0 saturated carbocycles. The highest BCUT2D eigenvalue weighted by Crippen LogP contribution is 2.20. The minimum atomic E-state index is -0.127. The van der Waals surface area contributed by atoms with Crippen LogP contribution in [-0.4, -0.2) is 43.4 Å². The van der Waals surface area contributed by atoms with E-state index in [1.54, 1.807) is 12.1 Å². The first-order chi connectivity index (χ1) is 11.1. The molecule has 2 N–H and O–H groups in total. The second-order valence-electron chi connectivity index (χ2n) is 6.22. The summed E-state index contributed by atoms with van der Waals surface area (Å²) in [7, 11) is 2.07. The zero-order chi connectivity index (χ0) is 16.7. The number of likely N-dealkylation sites (tertiary alicyclic amines) is 1. The molecule has 2 rings (SSSR count). The Kier molecular flexibility index (Phi) is 6.59. The molecule has 0 aliphatic carbocycles. The Bertz CT molecular complexity index is 537. The van der Waals surface area contributed by atoms with Gasteiger partial charge in [0.25, 0.3) is 5.91 Å². The SMILES string of the molecule is CCCCNC(=O)c1ccccc1NC(=O)C1CCN(C)CC1. The molecule has 5 heteroatoms. The molecule has 1 saturated heterocycles. The van der Waals surface area contributed by atoms with Gasteiger partial charge in [0, 0.05) is 12.5 Å². The lowest BCUT2D eigenvalue weighted by Gasteiger charge is -2.28. The van der Waals surface area contributed by atoms with Crippen molar-refractivity contribution in [1.29, 1.82) is 0 Å². The maximum absolute atomic E-state index is 12.4. The molecule has 0 spiro atoms. The Morgan fingerprint density at radius 3 is 2.61 bits per heavy atom. The molecule has 0 atom stereocenters. The Morgan fingerprint density at radius 1 is 1.22 bits per heavy atom. The van der Waals surface area contributed by atoms with Crippen molar-refractivity contribution < 1.29 is 9.59 Å². The van der Waals surface area contributed by atoms with Gasteiger partial charge < -0.3 is 15.5 Å². The standard InChI is InChI=1S/C18H27N3O2/c1-3-4-11-19-18(23)15-7-5-6-8-16(15)20-17(22)14-9-12-21(2)13-10-14/h5-8,14H,3-4,9-13H2,1-2H3,(H,19,23)(H,20,22). The zero-order valence-corrected chi connectivity index (χ0v) is 14.1. The first-order valence-corrected chi connectivity index (χ1v) is 8.48. The molecule has 126 valence electrons. The number of nitrogens with one attached hydrogen (secondary N) is 2. The van der Waals surface area contributed by atoms with Crippen molar-refractivity contribution >= 4 is 17.5 Å². The smallest absolute Gasteiger partial charge is 0.253 e. The summed E-state index contributed by atoms with van der Waals surface area (Å²) in [5, 5.41) is 5.85. The normalized spacial score (nSPS) is 16.1. The molecule has 1 aliphatic rings. The summed E-state index contributed by atoms with van der Waals surface area (Å²) in [5.41, 5.74) is 1.13. The number of para-hydroxylation sites is 1. The molecule has 1 fully saturated rings. The van der Waals surface area contributed by atoms with E-state index in [0.29, 0.717) is 17.8 Å².